The van der Waals surface area contributed by atoms with E-state index in [4.69, 9.17) is 15.7 Å². The summed E-state index contributed by atoms with van der Waals surface area (Å²) in [4.78, 5) is 2.47. The summed E-state index contributed by atoms with van der Waals surface area (Å²) in [5.41, 5.74) is 7.47. The fourth-order valence-corrected chi connectivity index (χ4v) is 2.98. The molecule has 0 radical (unpaired) electrons. The van der Waals surface area contributed by atoms with Crippen LogP contribution in [-0.2, 0) is 6.54 Å². The summed E-state index contributed by atoms with van der Waals surface area (Å²) in [6.45, 7) is 6.51. The molecular weight excluding hydrogens is 266 g/mol. The lowest BCUT2D eigenvalue weighted by molar-refractivity contribution is 0.105. The van der Waals surface area contributed by atoms with Gasteiger partial charge < -0.3 is 15.7 Å². The molecule has 1 aliphatic rings. The molecular formula is C16H25N3O2. The summed E-state index contributed by atoms with van der Waals surface area (Å²) >= 11 is 0. The van der Waals surface area contributed by atoms with Gasteiger partial charge in [-0.15, -0.1) is 0 Å². The first-order valence-electron chi connectivity index (χ1n) is 7.45. The number of ether oxygens (including phenoxy) is 1. The van der Waals surface area contributed by atoms with Crippen LogP contribution in [0, 0.1) is 5.92 Å². The van der Waals surface area contributed by atoms with Crippen LogP contribution in [0.15, 0.2) is 23.4 Å². The standard InChI is InChI=1S/C16H25N3O2/c1-11-5-4-8-19(12(11)2)10-14-9-13(16(17)18-20)6-7-15(14)21-3/h6-7,9,11-12,20H,4-5,8,10H2,1-3H3,(H2,17,18). The molecule has 1 aliphatic heterocycles. The van der Waals surface area contributed by atoms with Crippen molar-refractivity contribution in [1.29, 1.82) is 0 Å². The Labute approximate surface area is 126 Å². The highest BCUT2D eigenvalue weighted by atomic mass is 16.5. The Kier molecular flexibility index (Phi) is 5.07. The van der Waals surface area contributed by atoms with Gasteiger partial charge in [0.25, 0.3) is 0 Å². The third kappa shape index (κ3) is 3.47. The molecule has 2 atom stereocenters. The summed E-state index contributed by atoms with van der Waals surface area (Å²) in [5.74, 6) is 1.67. The highest BCUT2D eigenvalue weighted by Crippen LogP contribution is 2.28. The predicted octanol–water partition coefficient (Wildman–Crippen LogP) is 2.41. The van der Waals surface area contributed by atoms with Crippen molar-refractivity contribution < 1.29 is 9.94 Å². The van der Waals surface area contributed by atoms with Crippen molar-refractivity contribution in [2.24, 2.45) is 16.8 Å². The number of methoxy groups -OCH3 is 1. The van der Waals surface area contributed by atoms with E-state index in [9.17, 15) is 0 Å². The molecule has 2 unspecified atom stereocenters. The van der Waals surface area contributed by atoms with Gasteiger partial charge in [0.1, 0.15) is 5.75 Å². The second kappa shape index (κ2) is 6.80. The monoisotopic (exact) mass is 291 g/mol. The largest absolute Gasteiger partial charge is 0.496 e. The highest BCUT2D eigenvalue weighted by molar-refractivity contribution is 5.97. The van der Waals surface area contributed by atoms with Crippen LogP contribution in [-0.4, -0.2) is 35.6 Å². The minimum absolute atomic E-state index is 0.124. The molecule has 3 N–H and O–H groups in total. The van der Waals surface area contributed by atoms with Gasteiger partial charge in [-0.2, -0.15) is 0 Å². The van der Waals surface area contributed by atoms with Gasteiger partial charge in [0, 0.05) is 23.7 Å². The first kappa shape index (κ1) is 15.6. The van der Waals surface area contributed by atoms with Gasteiger partial charge in [-0.3, -0.25) is 4.90 Å². The van der Waals surface area contributed by atoms with Crippen LogP contribution < -0.4 is 10.5 Å². The first-order chi connectivity index (χ1) is 10.1. The maximum atomic E-state index is 8.83. The van der Waals surface area contributed by atoms with Crippen LogP contribution in [0.3, 0.4) is 0 Å². The van der Waals surface area contributed by atoms with Crippen molar-refractivity contribution in [1.82, 2.24) is 4.90 Å². The zero-order valence-corrected chi connectivity index (χ0v) is 13.0. The fraction of sp³-hybridized carbons (Fsp3) is 0.562. The normalized spacial score (nSPS) is 24.0. The third-order valence-corrected chi connectivity index (χ3v) is 4.56. The van der Waals surface area contributed by atoms with E-state index in [-0.39, 0.29) is 5.84 Å². The molecule has 1 aromatic rings. The van der Waals surface area contributed by atoms with Crippen LogP contribution >= 0.6 is 0 Å². The number of hydrogen-bond acceptors (Lipinski definition) is 4. The second-order valence-corrected chi connectivity index (χ2v) is 5.84. The minimum atomic E-state index is 0.124. The predicted molar refractivity (Wildman–Crippen MR) is 83.8 cm³/mol. The zero-order valence-electron chi connectivity index (χ0n) is 13.0. The Balaban J connectivity index is 2.25. The van der Waals surface area contributed by atoms with Gasteiger partial charge >= 0.3 is 0 Å². The van der Waals surface area contributed by atoms with E-state index in [0.29, 0.717) is 17.5 Å². The number of nitrogens with two attached hydrogens (primary N) is 1. The smallest absolute Gasteiger partial charge is 0.170 e. The number of hydrogen-bond donors (Lipinski definition) is 2. The molecule has 0 bridgehead atoms. The number of amidine groups is 1. The quantitative estimate of drug-likeness (QED) is 0.387. The molecule has 0 saturated carbocycles. The molecule has 0 amide bonds. The van der Waals surface area contributed by atoms with Crippen molar-refractivity contribution in [3.63, 3.8) is 0 Å². The van der Waals surface area contributed by atoms with Crippen LogP contribution in [0.5, 0.6) is 5.75 Å². The Morgan fingerprint density at radius 1 is 1.48 bits per heavy atom. The number of likely N-dealkylation sites (tertiary alicyclic amines) is 1. The summed E-state index contributed by atoms with van der Waals surface area (Å²) in [5, 5.41) is 11.9. The molecule has 0 spiro atoms. The second-order valence-electron chi connectivity index (χ2n) is 5.84. The van der Waals surface area contributed by atoms with Crippen molar-refractivity contribution in [3.8, 4) is 5.75 Å². The number of nitrogens with zero attached hydrogens (tertiary/aromatic N) is 2. The molecule has 5 nitrogen and oxygen atoms in total. The molecule has 5 heteroatoms. The lowest BCUT2D eigenvalue weighted by atomic mass is 9.91. The molecule has 0 aromatic heterocycles. The lowest BCUT2D eigenvalue weighted by Gasteiger charge is -2.38. The number of piperidine rings is 1. The minimum Gasteiger partial charge on any atom is -0.496 e. The fourth-order valence-electron chi connectivity index (χ4n) is 2.98. The summed E-state index contributed by atoms with van der Waals surface area (Å²) in [7, 11) is 1.67. The van der Waals surface area contributed by atoms with Crippen LogP contribution in [0.4, 0.5) is 0 Å². The van der Waals surface area contributed by atoms with Crippen molar-refractivity contribution in [2.75, 3.05) is 13.7 Å². The van der Waals surface area contributed by atoms with E-state index >= 15 is 0 Å². The van der Waals surface area contributed by atoms with Crippen LogP contribution in [0.2, 0.25) is 0 Å². The average molecular weight is 291 g/mol. The van der Waals surface area contributed by atoms with Gasteiger partial charge in [0.2, 0.25) is 0 Å². The van der Waals surface area contributed by atoms with Gasteiger partial charge in [-0.25, -0.2) is 0 Å². The SMILES string of the molecule is COc1ccc(/C(N)=N/O)cc1CN1CCCC(C)C1C. The van der Waals surface area contributed by atoms with Crippen molar-refractivity contribution in [2.45, 2.75) is 39.3 Å². The van der Waals surface area contributed by atoms with Gasteiger partial charge in [-0.05, 0) is 50.4 Å². The van der Waals surface area contributed by atoms with Crippen molar-refractivity contribution >= 4 is 5.84 Å². The van der Waals surface area contributed by atoms with Gasteiger partial charge in [-0.1, -0.05) is 12.1 Å². The van der Waals surface area contributed by atoms with E-state index < -0.39 is 0 Å². The zero-order chi connectivity index (χ0) is 15.4. The molecule has 1 heterocycles. The molecule has 1 aromatic carbocycles. The topological polar surface area (TPSA) is 71.1 Å². The van der Waals surface area contributed by atoms with Crippen molar-refractivity contribution in [3.05, 3.63) is 29.3 Å². The van der Waals surface area contributed by atoms with Gasteiger partial charge in [0.15, 0.2) is 5.84 Å². The molecule has 2 rings (SSSR count). The Morgan fingerprint density at radius 3 is 2.90 bits per heavy atom. The summed E-state index contributed by atoms with van der Waals surface area (Å²) < 4.78 is 5.45. The summed E-state index contributed by atoms with van der Waals surface area (Å²) in [6.07, 6.45) is 2.52. The van der Waals surface area contributed by atoms with E-state index in [1.807, 2.05) is 12.1 Å². The molecule has 1 fully saturated rings. The molecule has 0 aliphatic carbocycles. The van der Waals surface area contributed by atoms with E-state index in [1.54, 1.807) is 13.2 Å². The summed E-state index contributed by atoms with van der Waals surface area (Å²) in [6, 6.07) is 6.18. The molecule has 116 valence electrons. The molecule has 21 heavy (non-hydrogen) atoms. The van der Waals surface area contributed by atoms with E-state index in [0.717, 1.165) is 24.4 Å². The maximum absolute atomic E-state index is 8.83. The number of oxime groups is 1. The Bertz CT molecular complexity index is 516. The third-order valence-electron chi connectivity index (χ3n) is 4.56. The van der Waals surface area contributed by atoms with Crippen LogP contribution in [0.1, 0.15) is 37.8 Å². The lowest BCUT2D eigenvalue weighted by Crippen LogP contribution is -2.41. The maximum Gasteiger partial charge on any atom is 0.170 e. The Hall–Kier alpha value is -1.75. The number of benzene rings is 1. The average Bonchev–Trinajstić information content (AvgIpc) is 2.51. The molecule has 1 saturated heterocycles. The van der Waals surface area contributed by atoms with Gasteiger partial charge in [0.05, 0.1) is 7.11 Å². The van der Waals surface area contributed by atoms with Crippen LogP contribution in [0.25, 0.3) is 0 Å². The number of rotatable bonds is 4. The first-order valence-corrected chi connectivity index (χ1v) is 7.45. The van der Waals surface area contributed by atoms with E-state index in [1.165, 1.54) is 12.8 Å². The van der Waals surface area contributed by atoms with E-state index in [2.05, 4.69) is 23.9 Å². The highest BCUT2D eigenvalue weighted by Gasteiger charge is 2.25. The Morgan fingerprint density at radius 2 is 2.24 bits per heavy atom.